The Balaban J connectivity index is 1.70. The van der Waals surface area contributed by atoms with Gasteiger partial charge in [-0.05, 0) is 50.1 Å². The molecule has 1 amide bonds. The number of rotatable bonds is 5. The van der Waals surface area contributed by atoms with Gasteiger partial charge in [0.15, 0.2) is 6.61 Å². The molecule has 140 valence electrons. The topological polar surface area (TPSA) is 77.8 Å². The number of furan rings is 1. The molecule has 0 bridgehead atoms. The molecule has 3 aromatic rings. The monoisotopic (exact) mass is 367 g/mol. The highest BCUT2D eigenvalue weighted by Crippen LogP contribution is 2.29. The summed E-state index contributed by atoms with van der Waals surface area (Å²) in [5.74, 6) is -0.340. The van der Waals surface area contributed by atoms with Gasteiger partial charge in [0.25, 0.3) is 5.91 Å². The van der Waals surface area contributed by atoms with Gasteiger partial charge in [-0.1, -0.05) is 18.2 Å². The Labute approximate surface area is 157 Å². The van der Waals surface area contributed by atoms with E-state index in [-0.39, 0.29) is 5.76 Å². The fourth-order valence-electron chi connectivity index (χ4n) is 2.91. The third-order valence-electron chi connectivity index (χ3n) is 4.41. The van der Waals surface area contributed by atoms with Gasteiger partial charge in [0, 0.05) is 16.6 Å². The smallest absolute Gasteiger partial charge is 0.375 e. The standard InChI is InChI=1S/C21H21NO5/c1-12-6-5-7-13(2)19(12)22-18(23)11-26-21(24)20-14(3)16-10-15(25-4)8-9-17(16)27-20/h5-10H,11H2,1-4H3,(H,22,23). The van der Waals surface area contributed by atoms with Crippen LogP contribution in [0, 0.1) is 20.8 Å². The third-order valence-corrected chi connectivity index (χ3v) is 4.41. The summed E-state index contributed by atoms with van der Waals surface area (Å²) in [4.78, 5) is 24.5. The molecule has 0 aliphatic rings. The van der Waals surface area contributed by atoms with E-state index in [0.29, 0.717) is 16.9 Å². The molecular weight excluding hydrogens is 346 g/mol. The van der Waals surface area contributed by atoms with E-state index in [0.717, 1.165) is 22.2 Å². The average molecular weight is 367 g/mol. The molecule has 0 aliphatic carbocycles. The number of carbonyl (C=O) groups excluding carboxylic acids is 2. The van der Waals surface area contributed by atoms with E-state index < -0.39 is 18.5 Å². The largest absolute Gasteiger partial charge is 0.497 e. The molecule has 0 saturated heterocycles. The van der Waals surface area contributed by atoms with Crippen LogP contribution >= 0.6 is 0 Å². The lowest BCUT2D eigenvalue weighted by Crippen LogP contribution is -2.22. The molecule has 27 heavy (non-hydrogen) atoms. The summed E-state index contributed by atoms with van der Waals surface area (Å²) in [6.45, 7) is 5.17. The van der Waals surface area contributed by atoms with Gasteiger partial charge in [-0.3, -0.25) is 4.79 Å². The quantitative estimate of drug-likeness (QED) is 0.685. The van der Waals surface area contributed by atoms with Crippen LogP contribution in [0.4, 0.5) is 5.69 Å². The lowest BCUT2D eigenvalue weighted by molar-refractivity contribution is -0.119. The number of anilines is 1. The highest BCUT2D eigenvalue weighted by molar-refractivity contribution is 5.99. The van der Waals surface area contributed by atoms with Gasteiger partial charge in [-0.15, -0.1) is 0 Å². The van der Waals surface area contributed by atoms with Crippen molar-refractivity contribution in [1.29, 1.82) is 0 Å². The molecule has 0 fully saturated rings. The normalized spacial score (nSPS) is 10.7. The number of aryl methyl sites for hydroxylation is 3. The molecule has 6 heteroatoms. The summed E-state index contributed by atoms with van der Waals surface area (Å²) in [6.07, 6.45) is 0. The molecule has 0 radical (unpaired) electrons. The fourth-order valence-corrected chi connectivity index (χ4v) is 2.91. The molecule has 6 nitrogen and oxygen atoms in total. The lowest BCUT2D eigenvalue weighted by atomic mass is 10.1. The molecule has 0 unspecified atom stereocenters. The third kappa shape index (κ3) is 3.79. The van der Waals surface area contributed by atoms with Gasteiger partial charge in [-0.2, -0.15) is 0 Å². The van der Waals surface area contributed by atoms with Crippen molar-refractivity contribution in [3.05, 3.63) is 58.8 Å². The van der Waals surface area contributed by atoms with Gasteiger partial charge < -0.3 is 19.2 Å². The van der Waals surface area contributed by atoms with E-state index in [9.17, 15) is 9.59 Å². The Morgan fingerprint density at radius 2 is 1.78 bits per heavy atom. The molecule has 0 atom stereocenters. The highest BCUT2D eigenvalue weighted by Gasteiger charge is 2.20. The Bertz CT molecular complexity index is 999. The number of methoxy groups -OCH3 is 1. The number of esters is 1. The highest BCUT2D eigenvalue weighted by atomic mass is 16.5. The maximum Gasteiger partial charge on any atom is 0.375 e. The zero-order valence-corrected chi connectivity index (χ0v) is 15.7. The van der Waals surface area contributed by atoms with Crippen molar-refractivity contribution in [2.75, 3.05) is 19.0 Å². The van der Waals surface area contributed by atoms with Crippen molar-refractivity contribution < 1.29 is 23.5 Å². The second-order valence-electron chi connectivity index (χ2n) is 6.31. The lowest BCUT2D eigenvalue weighted by Gasteiger charge is -2.11. The SMILES string of the molecule is COc1ccc2oc(C(=O)OCC(=O)Nc3c(C)cccc3C)c(C)c2c1. The van der Waals surface area contributed by atoms with Crippen LogP contribution < -0.4 is 10.1 Å². The molecule has 1 N–H and O–H groups in total. The molecule has 3 rings (SSSR count). The number of amides is 1. The average Bonchev–Trinajstić information content (AvgIpc) is 2.99. The van der Waals surface area contributed by atoms with Gasteiger partial charge in [0.1, 0.15) is 11.3 Å². The molecule has 2 aromatic carbocycles. The minimum Gasteiger partial charge on any atom is -0.497 e. The van der Waals surface area contributed by atoms with Crippen molar-refractivity contribution in [3.63, 3.8) is 0 Å². The second kappa shape index (κ2) is 7.53. The first-order valence-corrected chi connectivity index (χ1v) is 8.51. The first-order chi connectivity index (χ1) is 12.9. The van der Waals surface area contributed by atoms with Gasteiger partial charge in [-0.25, -0.2) is 4.79 Å². The fraction of sp³-hybridized carbons (Fsp3) is 0.238. The van der Waals surface area contributed by atoms with Crippen LogP contribution in [0.1, 0.15) is 27.2 Å². The summed E-state index contributed by atoms with van der Waals surface area (Å²) in [6, 6.07) is 11.0. The van der Waals surface area contributed by atoms with Crippen LogP contribution in [0.2, 0.25) is 0 Å². The number of benzene rings is 2. The maximum absolute atomic E-state index is 12.4. The minimum absolute atomic E-state index is 0.0816. The number of nitrogens with one attached hydrogen (secondary N) is 1. The predicted molar refractivity (Wildman–Crippen MR) is 102 cm³/mol. The van der Waals surface area contributed by atoms with E-state index in [1.54, 1.807) is 32.2 Å². The number of hydrogen-bond acceptors (Lipinski definition) is 5. The van der Waals surface area contributed by atoms with E-state index in [4.69, 9.17) is 13.9 Å². The second-order valence-corrected chi connectivity index (χ2v) is 6.31. The Hall–Kier alpha value is -3.28. The first-order valence-electron chi connectivity index (χ1n) is 8.51. The van der Waals surface area contributed by atoms with Crippen LogP contribution in [-0.2, 0) is 9.53 Å². The summed E-state index contributed by atoms with van der Waals surface area (Å²) >= 11 is 0. The first kappa shape index (κ1) is 18.5. The van der Waals surface area contributed by atoms with Crippen LogP contribution in [0.25, 0.3) is 11.0 Å². The van der Waals surface area contributed by atoms with E-state index >= 15 is 0 Å². The Morgan fingerprint density at radius 1 is 1.07 bits per heavy atom. The van der Waals surface area contributed by atoms with Crippen molar-refractivity contribution in [3.8, 4) is 5.75 Å². The molecular formula is C21H21NO5. The summed E-state index contributed by atoms with van der Waals surface area (Å²) in [7, 11) is 1.57. The zero-order valence-electron chi connectivity index (χ0n) is 15.7. The van der Waals surface area contributed by atoms with Gasteiger partial charge in [0.05, 0.1) is 7.11 Å². The minimum atomic E-state index is -0.681. The molecule has 0 aliphatic heterocycles. The van der Waals surface area contributed by atoms with Crippen molar-refractivity contribution in [2.24, 2.45) is 0 Å². The number of fused-ring (bicyclic) bond motifs is 1. The van der Waals surface area contributed by atoms with E-state index in [1.165, 1.54) is 0 Å². The summed E-state index contributed by atoms with van der Waals surface area (Å²) < 4.78 is 15.9. The molecule has 0 saturated carbocycles. The number of hydrogen-bond donors (Lipinski definition) is 1. The van der Waals surface area contributed by atoms with Gasteiger partial charge >= 0.3 is 5.97 Å². The number of para-hydroxylation sites is 1. The van der Waals surface area contributed by atoms with Crippen LogP contribution in [0.15, 0.2) is 40.8 Å². The Kier molecular flexibility index (Phi) is 5.16. The molecule has 1 aromatic heterocycles. The zero-order chi connectivity index (χ0) is 19.6. The van der Waals surface area contributed by atoms with Crippen LogP contribution in [-0.4, -0.2) is 25.6 Å². The number of carbonyl (C=O) groups is 2. The number of ether oxygens (including phenoxy) is 2. The predicted octanol–water partition coefficient (Wildman–Crippen LogP) is 4.16. The van der Waals surface area contributed by atoms with Gasteiger partial charge in [0.2, 0.25) is 5.76 Å². The maximum atomic E-state index is 12.4. The van der Waals surface area contributed by atoms with E-state index in [1.807, 2.05) is 32.0 Å². The van der Waals surface area contributed by atoms with Crippen LogP contribution in [0.3, 0.4) is 0 Å². The molecule has 1 heterocycles. The Morgan fingerprint density at radius 3 is 2.44 bits per heavy atom. The summed E-state index contributed by atoms with van der Waals surface area (Å²) in [5.41, 5.74) is 3.81. The van der Waals surface area contributed by atoms with Crippen molar-refractivity contribution in [2.45, 2.75) is 20.8 Å². The molecule has 0 spiro atoms. The summed E-state index contributed by atoms with van der Waals surface area (Å²) in [5, 5.41) is 3.54. The van der Waals surface area contributed by atoms with Crippen molar-refractivity contribution >= 4 is 28.5 Å². The van der Waals surface area contributed by atoms with E-state index in [2.05, 4.69) is 5.32 Å². The van der Waals surface area contributed by atoms with Crippen LogP contribution in [0.5, 0.6) is 5.75 Å². The van der Waals surface area contributed by atoms with Crippen molar-refractivity contribution in [1.82, 2.24) is 0 Å².